The van der Waals surface area contributed by atoms with Crippen molar-refractivity contribution in [3.05, 3.63) is 59.2 Å². The smallest absolute Gasteiger partial charge is 0.161 e. The first-order valence-electron chi connectivity index (χ1n) is 8.28. The van der Waals surface area contributed by atoms with Gasteiger partial charge in [-0.15, -0.1) is 0 Å². The first-order valence-corrected chi connectivity index (χ1v) is 8.28. The van der Waals surface area contributed by atoms with E-state index in [1.54, 1.807) is 14.2 Å². The fraction of sp³-hybridized carbons (Fsp3) is 0.400. The molecule has 0 amide bonds. The highest BCUT2D eigenvalue weighted by Crippen LogP contribution is 2.28. The molecule has 0 spiro atoms. The number of hydrogen-bond donors (Lipinski definition) is 1. The van der Waals surface area contributed by atoms with Crippen LogP contribution in [0, 0.1) is 6.92 Å². The van der Waals surface area contributed by atoms with Crippen molar-refractivity contribution in [3.63, 3.8) is 0 Å². The van der Waals surface area contributed by atoms with E-state index in [4.69, 9.17) is 14.2 Å². The molecule has 2 aromatic rings. The summed E-state index contributed by atoms with van der Waals surface area (Å²) in [7, 11) is 3.39. The second-order valence-electron chi connectivity index (χ2n) is 5.79. The van der Waals surface area contributed by atoms with Crippen molar-refractivity contribution in [1.29, 1.82) is 0 Å². The van der Waals surface area contributed by atoms with Gasteiger partial charge in [0.1, 0.15) is 6.61 Å². The van der Waals surface area contributed by atoms with Crippen LogP contribution in [0.4, 0.5) is 0 Å². The molecule has 2 rings (SSSR count). The molecule has 0 unspecified atom stereocenters. The lowest BCUT2D eigenvalue weighted by Crippen LogP contribution is -2.16. The Bertz CT molecular complexity index is 628. The minimum Gasteiger partial charge on any atom is -0.493 e. The quantitative estimate of drug-likeness (QED) is 0.675. The van der Waals surface area contributed by atoms with Crippen molar-refractivity contribution < 1.29 is 14.2 Å². The van der Waals surface area contributed by atoms with E-state index in [0.717, 1.165) is 43.2 Å². The van der Waals surface area contributed by atoms with E-state index in [1.165, 1.54) is 11.1 Å². The van der Waals surface area contributed by atoms with Gasteiger partial charge in [-0.05, 0) is 43.1 Å². The molecule has 130 valence electrons. The van der Waals surface area contributed by atoms with Gasteiger partial charge in [0.15, 0.2) is 11.5 Å². The highest BCUT2D eigenvalue weighted by Gasteiger charge is 2.06. The molecule has 1 N–H and O–H groups in total. The molecule has 0 aromatic heterocycles. The van der Waals surface area contributed by atoms with Crippen molar-refractivity contribution in [2.75, 3.05) is 27.4 Å². The minimum atomic E-state index is 0.534. The third-order valence-electron chi connectivity index (χ3n) is 3.74. The summed E-state index contributed by atoms with van der Waals surface area (Å²) in [5, 5.41) is 3.39. The van der Waals surface area contributed by atoms with Gasteiger partial charge >= 0.3 is 0 Å². The van der Waals surface area contributed by atoms with Gasteiger partial charge in [0.2, 0.25) is 0 Å². The maximum atomic E-state index is 5.92. The van der Waals surface area contributed by atoms with Crippen LogP contribution in [0.25, 0.3) is 0 Å². The standard InChI is InChI=1S/C20H27NO3/c1-16-6-4-7-18(12-16)15-24-19-9-8-17(13-20(19)23-3)14-21-10-5-11-22-2/h4,6-9,12-13,21H,5,10-11,14-15H2,1-3H3. The van der Waals surface area contributed by atoms with Gasteiger partial charge in [-0.3, -0.25) is 0 Å². The fourth-order valence-corrected chi connectivity index (χ4v) is 2.48. The lowest BCUT2D eigenvalue weighted by molar-refractivity contribution is 0.194. The third-order valence-corrected chi connectivity index (χ3v) is 3.74. The molecule has 0 radical (unpaired) electrons. The summed E-state index contributed by atoms with van der Waals surface area (Å²) in [5.41, 5.74) is 3.56. The summed E-state index contributed by atoms with van der Waals surface area (Å²) in [6.07, 6.45) is 1.01. The first kappa shape index (κ1) is 18.3. The van der Waals surface area contributed by atoms with Gasteiger partial charge in [0, 0.05) is 20.3 Å². The molecule has 0 saturated carbocycles. The van der Waals surface area contributed by atoms with Crippen molar-refractivity contribution in [2.24, 2.45) is 0 Å². The Morgan fingerprint density at radius 1 is 0.958 bits per heavy atom. The van der Waals surface area contributed by atoms with Crippen molar-refractivity contribution in [2.45, 2.75) is 26.5 Å². The fourth-order valence-electron chi connectivity index (χ4n) is 2.48. The number of benzene rings is 2. The van der Waals surface area contributed by atoms with Crippen molar-refractivity contribution >= 4 is 0 Å². The summed E-state index contributed by atoms with van der Waals surface area (Å²) in [4.78, 5) is 0. The lowest BCUT2D eigenvalue weighted by atomic mass is 10.1. The molecular formula is C20H27NO3. The Labute approximate surface area is 144 Å². The highest BCUT2D eigenvalue weighted by atomic mass is 16.5. The maximum Gasteiger partial charge on any atom is 0.161 e. The second kappa shape index (κ2) is 9.96. The zero-order valence-electron chi connectivity index (χ0n) is 14.8. The Morgan fingerprint density at radius 2 is 1.83 bits per heavy atom. The van der Waals surface area contributed by atoms with Crippen molar-refractivity contribution in [3.8, 4) is 11.5 Å². The molecule has 0 fully saturated rings. The average molecular weight is 329 g/mol. The van der Waals surface area contributed by atoms with E-state index in [-0.39, 0.29) is 0 Å². The normalized spacial score (nSPS) is 10.6. The number of ether oxygens (including phenoxy) is 3. The van der Waals surface area contributed by atoms with Crippen LogP contribution in [0.1, 0.15) is 23.1 Å². The third kappa shape index (κ3) is 5.87. The van der Waals surface area contributed by atoms with E-state index < -0.39 is 0 Å². The van der Waals surface area contributed by atoms with E-state index in [2.05, 4.69) is 36.5 Å². The van der Waals surface area contributed by atoms with Crippen LogP contribution < -0.4 is 14.8 Å². The number of rotatable bonds is 10. The number of hydrogen-bond acceptors (Lipinski definition) is 4. The van der Waals surface area contributed by atoms with Crippen LogP contribution in [-0.2, 0) is 17.9 Å². The first-order chi connectivity index (χ1) is 11.7. The topological polar surface area (TPSA) is 39.7 Å². The van der Waals surface area contributed by atoms with Gasteiger partial charge in [-0.2, -0.15) is 0 Å². The molecule has 0 bridgehead atoms. The summed E-state index contributed by atoms with van der Waals surface area (Å²) >= 11 is 0. The maximum absolute atomic E-state index is 5.92. The van der Waals surface area contributed by atoms with Crippen LogP contribution in [-0.4, -0.2) is 27.4 Å². The average Bonchev–Trinajstić information content (AvgIpc) is 2.60. The predicted molar refractivity (Wildman–Crippen MR) is 96.7 cm³/mol. The SMILES string of the molecule is COCCCNCc1ccc(OCc2cccc(C)c2)c(OC)c1. The Morgan fingerprint density at radius 3 is 2.58 bits per heavy atom. The lowest BCUT2D eigenvalue weighted by Gasteiger charge is -2.13. The zero-order chi connectivity index (χ0) is 17.2. The Balaban J connectivity index is 1.91. The highest BCUT2D eigenvalue weighted by molar-refractivity contribution is 5.43. The zero-order valence-corrected chi connectivity index (χ0v) is 14.8. The van der Waals surface area contributed by atoms with Crippen LogP contribution in [0.2, 0.25) is 0 Å². The predicted octanol–water partition coefficient (Wildman–Crippen LogP) is 3.71. The monoisotopic (exact) mass is 329 g/mol. The molecule has 0 atom stereocenters. The van der Waals surface area contributed by atoms with E-state index in [0.29, 0.717) is 6.61 Å². The van der Waals surface area contributed by atoms with Gasteiger partial charge < -0.3 is 19.5 Å². The molecule has 24 heavy (non-hydrogen) atoms. The van der Waals surface area contributed by atoms with Crippen LogP contribution in [0.15, 0.2) is 42.5 Å². The van der Waals surface area contributed by atoms with E-state index in [9.17, 15) is 0 Å². The van der Waals surface area contributed by atoms with E-state index in [1.807, 2.05) is 18.2 Å². The summed E-state index contributed by atoms with van der Waals surface area (Å²) in [5.74, 6) is 1.53. The molecule has 4 heteroatoms. The van der Waals surface area contributed by atoms with E-state index >= 15 is 0 Å². The minimum absolute atomic E-state index is 0.534. The van der Waals surface area contributed by atoms with Crippen LogP contribution >= 0.6 is 0 Å². The molecular weight excluding hydrogens is 302 g/mol. The van der Waals surface area contributed by atoms with Crippen LogP contribution in [0.5, 0.6) is 11.5 Å². The number of nitrogens with one attached hydrogen (secondary N) is 1. The summed E-state index contributed by atoms with van der Waals surface area (Å²) in [6, 6.07) is 14.4. The molecule has 0 heterocycles. The Kier molecular flexibility index (Phi) is 7.59. The molecule has 0 aliphatic heterocycles. The van der Waals surface area contributed by atoms with Gasteiger partial charge in [0.05, 0.1) is 7.11 Å². The molecule has 0 aliphatic rings. The number of aryl methyl sites for hydroxylation is 1. The van der Waals surface area contributed by atoms with Gasteiger partial charge in [-0.25, -0.2) is 0 Å². The van der Waals surface area contributed by atoms with Crippen molar-refractivity contribution in [1.82, 2.24) is 5.32 Å². The van der Waals surface area contributed by atoms with Crippen LogP contribution in [0.3, 0.4) is 0 Å². The number of methoxy groups -OCH3 is 2. The molecule has 0 saturated heterocycles. The molecule has 4 nitrogen and oxygen atoms in total. The Hall–Kier alpha value is -2.04. The van der Waals surface area contributed by atoms with Gasteiger partial charge in [0.25, 0.3) is 0 Å². The van der Waals surface area contributed by atoms with Gasteiger partial charge in [-0.1, -0.05) is 35.9 Å². The second-order valence-corrected chi connectivity index (χ2v) is 5.79. The summed E-state index contributed by atoms with van der Waals surface area (Å²) < 4.78 is 16.4. The largest absolute Gasteiger partial charge is 0.493 e. The molecule has 0 aliphatic carbocycles. The molecule has 2 aromatic carbocycles. The summed E-state index contributed by atoms with van der Waals surface area (Å²) in [6.45, 7) is 5.13.